The van der Waals surface area contributed by atoms with Gasteiger partial charge in [0.15, 0.2) is 0 Å². The molecule has 5 nitrogen and oxygen atoms in total. The van der Waals surface area contributed by atoms with Crippen molar-refractivity contribution in [2.45, 2.75) is 26.3 Å². The molecular formula is C15H19N5. The number of pyridine rings is 1. The summed E-state index contributed by atoms with van der Waals surface area (Å²) < 4.78 is 0. The molecule has 2 aromatic rings. The van der Waals surface area contributed by atoms with Gasteiger partial charge in [0.2, 0.25) is 0 Å². The highest BCUT2D eigenvalue weighted by Gasteiger charge is 2.13. The lowest BCUT2D eigenvalue weighted by Gasteiger charge is -2.16. The van der Waals surface area contributed by atoms with Gasteiger partial charge in [0.25, 0.3) is 0 Å². The van der Waals surface area contributed by atoms with E-state index in [1.54, 1.807) is 6.33 Å². The molecule has 0 radical (unpaired) electrons. The molecule has 0 unspecified atom stereocenters. The summed E-state index contributed by atoms with van der Waals surface area (Å²) >= 11 is 0. The van der Waals surface area contributed by atoms with E-state index in [0.717, 1.165) is 36.8 Å². The molecule has 5 heteroatoms. The molecule has 0 spiro atoms. The molecular weight excluding hydrogens is 250 g/mol. The number of hydrogen-bond donors (Lipinski definition) is 1. The second kappa shape index (κ2) is 5.86. The van der Waals surface area contributed by atoms with Gasteiger partial charge in [0.05, 0.1) is 0 Å². The van der Waals surface area contributed by atoms with Crippen molar-refractivity contribution in [2.24, 2.45) is 0 Å². The van der Waals surface area contributed by atoms with Gasteiger partial charge in [-0.25, -0.2) is 9.97 Å². The van der Waals surface area contributed by atoms with Crippen molar-refractivity contribution in [3.05, 3.63) is 42.0 Å². The second-order valence-corrected chi connectivity index (χ2v) is 5.18. The smallest absolute Gasteiger partial charge is 0.134 e. The van der Waals surface area contributed by atoms with Crippen molar-refractivity contribution in [1.29, 1.82) is 0 Å². The third-order valence-corrected chi connectivity index (χ3v) is 3.49. The molecule has 0 aliphatic carbocycles. The SMILES string of the molecule is Cc1cncc(CNc2cc(N3CCCC3)ncn2)c1. The molecule has 0 atom stereocenters. The van der Waals surface area contributed by atoms with Crippen LogP contribution in [0.1, 0.15) is 24.0 Å². The molecule has 3 heterocycles. The van der Waals surface area contributed by atoms with Crippen LogP contribution in [0.25, 0.3) is 0 Å². The molecule has 1 aliphatic heterocycles. The van der Waals surface area contributed by atoms with Gasteiger partial charge >= 0.3 is 0 Å². The Labute approximate surface area is 119 Å². The van der Waals surface area contributed by atoms with Crippen LogP contribution >= 0.6 is 0 Å². The van der Waals surface area contributed by atoms with Crippen molar-refractivity contribution < 1.29 is 0 Å². The van der Waals surface area contributed by atoms with Crippen LogP contribution in [0.3, 0.4) is 0 Å². The van der Waals surface area contributed by atoms with Crippen LogP contribution in [0.5, 0.6) is 0 Å². The largest absolute Gasteiger partial charge is 0.366 e. The van der Waals surface area contributed by atoms with Crippen molar-refractivity contribution in [3.63, 3.8) is 0 Å². The minimum absolute atomic E-state index is 0.727. The first kappa shape index (κ1) is 12.8. The van der Waals surface area contributed by atoms with Crippen molar-refractivity contribution in [3.8, 4) is 0 Å². The summed E-state index contributed by atoms with van der Waals surface area (Å²) in [6.45, 7) is 4.97. The third-order valence-electron chi connectivity index (χ3n) is 3.49. The second-order valence-electron chi connectivity index (χ2n) is 5.18. The number of rotatable bonds is 4. The number of aryl methyl sites for hydroxylation is 1. The summed E-state index contributed by atoms with van der Waals surface area (Å²) in [6, 6.07) is 4.15. The van der Waals surface area contributed by atoms with Gasteiger partial charge in [-0.05, 0) is 30.9 Å². The Balaban J connectivity index is 1.66. The Kier molecular flexibility index (Phi) is 3.76. The van der Waals surface area contributed by atoms with Gasteiger partial charge in [-0.2, -0.15) is 0 Å². The van der Waals surface area contributed by atoms with E-state index in [2.05, 4.69) is 31.2 Å². The fourth-order valence-electron chi connectivity index (χ4n) is 2.47. The van der Waals surface area contributed by atoms with E-state index in [0.29, 0.717) is 0 Å². The van der Waals surface area contributed by atoms with Crippen LogP contribution < -0.4 is 10.2 Å². The third kappa shape index (κ3) is 3.04. The van der Waals surface area contributed by atoms with E-state index in [9.17, 15) is 0 Å². The summed E-state index contributed by atoms with van der Waals surface area (Å²) in [4.78, 5) is 15.1. The lowest BCUT2D eigenvalue weighted by Crippen LogP contribution is -2.19. The minimum Gasteiger partial charge on any atom is -0.366 e. The topological polar surface area (TPSA) is 53.9 Å². The van der Waals surface area contributed by atoms with E-state index < -0.39 is 0 Å². The minimum atomic E-state index is 0.727. The van der Waals surface area contributed by atoms with Gasteiger partial charge in [-0.15, -0.1) is 0 Å². The lowest BCUT2D eigenvalue weighted by molar-refractivity contribution is 0.925. The van der Waals surface area contributed by atoms with E-state index in [4.69, 9.17) is 0 Å². The van der Waals surface area contributed by atoms with Crippen LogP contribution in [-0.2, 0) is 6.54 Å². The molecule has 104 valence electrons. The Hall–Kier alpha value is -2.17. The fourth-order valence-corrected chi connectivity index (χ4v) is 2.47. The molecule has 20 heavy (non-hydrogen) atoms. The highest BCUT2D eigenvalue weighted by atomic mass is 15.2. The quantitative estimate of drug-likeness (QED) is 0.923. The van der Waals surface area contributed by atoms with Crippen molar-refractivity contribution in [1.82, 2.24) is 15.0 Å². The zero-order chi connectivity index (χ0) is 13.8. The van der Waals surface area contributed by atoms with E-state index in [1.165, 1.54) is 18.4 Å². The predicted molar refractivity (Wildman–Crippen MR) is 79.8 cm³/mol. The van der Waals surface area contributed by atoms with Crippen LogP contribution in [0.15, 0.2) is 30.9 Å². The molecule has 1 aliphatic rings. The lowest BCUT2D eigenvalue weighted by atomic mass is 10.2. The summed E-state index contributed by atoms with van der Waals surface area (Å²) in [5.74, 6) is 1.88. The molecule has 1 N–H and O–H groups in total. The number of hydrogen-bond acceptors (Lipinski definition) is 5. The van der Waals surface area contributed by atoms with Crippen molar-refractivity contribution in [2.75, 3.05) is 23.3 Å². The van der Waals surface area contributed by atoms with Crippen LogP contribution in [0.4, 0.5) is 11.6 Å². The Morgan fingerprint density at radius 3 is 2.80 bits per heavy atom. The van der Waals surface area contributed by atoms with Gasteiger partial charge in [-0.3, -0.25) is 4.98 Å². The normalized spacial score (nSPS) is 14.6. The molecule has 1 fully saturated rings. The maximum atomic E-state index is 4.35. The predicted octanol–water partition coefficient (Wildman–Crippen LogP) is 2.39. The summed E-state index contributed by atoms with van der Waals surface area (Å²) in [5, 5.41) is 3.33. The maximum absolute atomic E-state index is 4.35. The number of aromatic nitrogens is 3. The summed E-state index contributed by atoms with van der Waals surface area (Å²) in [5.41, 5.74) is 2.33. The summed E-state index contributed by atoms with van der Waals surface area (Å²) in [6.07, 6.45) is 7.87. The number of nitrogens with one attached hydrogen (secondary N) is 1. The first-order valence-electron chi connectivity index (χ1n) is 7.03. The van der Waals surface area contributed by atoms with E-state index in [1.807, 2.05) is 25.4 Å². The van der Waals surface area contributed by atoms with Crippen LogP contribution in [-0.4, -0.2) is 28.0 Å². The number of nitrogens with zero attached hydrogens (tertiary/aromatic N) is 4. The molecule has 0 aromatic carbocycles. The number of anilines is 2. The average molecular weight is 269 g/mol. The van der Waals surface area contributed by atoms with E-state index in [-0.39, 0.29) is 0 Å². The first-order valence-corrected chi connectivity index (χ1v) is 7.03. The molecule has 2 aromatic heterocycles. The fraction of sp³-hybridized carbons (Fsp3) is 0.400. The molecule has 0 bridgehead atoms. The monoisotopic (exact) mass is 269 g/mol. The van der Waals surface area contributed by atoms with Crippen LogP contribution in [0.2, 0.25) is 0 Å². The molecule has 1 saturated heterocycles. The van der Waals surface area contributed by atoms with Gasteiger partial charge in [0, 0.05) is 38.1 Å². The van der Waals surface area contributed by atoms with Gasteiger partial charge in [0.1, 0.15) is 18.0 Å². The Morgan fingerprint density at radius 2 is 2.00 bits per heavy atom. The van der Waals surface area contributed by atoms with E-state index >= 15 is 0 Å². The standard InChI is InChI=1S/C15H19N5/c1-12-6-13(9-16-8-12)10-17-14-7-15(19-11-18-14)20-4-2-3-5-20/h6-9,11H,2-5,10H2,1H3,(H,17,18,19). The van der Waals surface area contributed by atoms with Gasteiger partial charge < -0.3 is 10.2 Å². The highest BCUT2D eigenvalue weighted by Crippen LogP contribution is 2.19. The highest BCUT2D eigenvalue weighted by molar-refractivity contribution is 5.49. The Morgan fingerprint density at radius 1 is 1.15 bits per heavy atom. The zero-order valence-electron chi connectivity index (χ0n) is 11.7. The molecule has 0 saturated carbocycles. The summed E-state index contributed by atoms with van der Waals surface area (Å²) in [7, 11) is 0. The maximum Gasteiger partial charge on any atom is 0.134 e. The van der Waals surface area contributed by atoms with Crippen molar-refractivity contribution >= 4 is 11.6 Å². The molecule has 3 rings (SSSR count). The van der Waals surface area contributed by atoms with Gasteiger partial charge in [-0.1, -0.05) is 6.07 Å². The molecule has 0 amide bonds. The zero-order valence-corrected chi connectivity index (χ0v) is 11.7. The average Bonchev–Trinajstić information content (AvgIpc) is 3.00. The first-order chi connectivity index (χ1) is 9.81. The Bertz CT molecular complexity index is 578. The van der Waals surface area contributed by atoms with Crippen LogP contribution in [0, 0.1) is 6.92 Å².